The molecule has 1 fully saturated rings. The molecule has 20 heavy (non-hydrogen) atoms. The summed E-state index contributed by atoms with van der Waals surface area (Å²) in [6, 6.07) is 3.14. The SMILES string of the molecule is Nc1ccc(S(=O)(=O)N2CC(O)C(O)C2)cc1[N+](=O)[O-]. The van der Waals surface area contributed by atoms with E-state index in [4.69, 9.17) is 5.73 Å². The molecule has 4 N–H and O–H groups in total. The number of β-amino-alcohol motifs (C(OH)–C–C–N with tert-alkyl or cyclic N) is 2. The number of nitrogens with two attached hydrogens (primary N) is 1. The van der Waals surface area contributed by atoms with Crippen LogP contribution < -0.4 is 5.73 Å². The van der Waals surface area contributed by atoms with Gasteiger partial charge in [0.2, 0.25) is 10.0 Å². The van der Waals surface area contributed by atoms with Gasteiger partial charge in [0.25, 0.3) is 5.69 Å². The Balaban J connectivity index is 2.40. The van der Waals surface area contributed by atoms with Gasteiger partial charge in [-0.1, -0.05) is 0 Å². The summed E-state index contributed by atoms with van der Waals surface area (Å²) in [6.45, 7) is -0.524. The highest BCUT2D eigenvalue weighted by molar-refractivity contribution is 7.89. The molecular formula is C10H13N3O6S. The maximum Gasteiger partial charge on any atom is 0.293 e. The fourth-order valence-corrected chi connectivity index (χ4v) is 3.42. The predicted octanol–water partition coefficient (Wildman–Crippen LogP) is -1.10. The molecule has 1 aliphatic heterocycles. The molecule has 0 spiro atoms. The Kier molecular flexibility index (Phi) is 3.65. The van der Waals surface area contributed by atoms with Gasteiger partial charge in [-0.3, -0.25) is 10.1 Å². The molecule has 1 saturated heterocycles. The molecule has 9 nitrogen and oxygen atoms in total. The van der Waals surface area contributed by atoms with Gasteiger partial charge in [0.1, 0.15) is 5.69 Å². The van der Waals surface area contributed by atoms with Gasteiger partial charge < -0.3 is 15.9 Å². The normalized spacial score (nSPS) is 23.9. The molecule has 0 bridgehead atoms. The van der Waals surface area contributed by atoms with E-state index in [0.29, 0.717) is 0 Å². The Morgan fingerprint density at radius 1 is 1.30 bits per heavy atom. The van der Waals surface area contributed by atoms with Crippen LogP contribution in [0.2, 0.25) is 0 Å². The largest absolute Gasteiger partial charge is 0.393 e. The average Bonchev–Trinajstić information content (AvgIpc) is 2.70. The fraction of sp³-hybridized carbons (Fsp3) is 0.400. The van der Waals surface area contributed by atoms with Gasteiger partial charge in [-0.05, 0) is 12.1 Å². The van der Waals surface area contributed by atoms with Crippen LogP contribution in [0.1, 0.15) is 0 Å². The van der Waals surface area contributed by atoms with Crippen molar-refractivity contribution in [3.63, 3.8) is 0 Å². The number of aliphatic hydroxyl groups excluding tert-OH is 2. The molecule has 10 heteroatoms. The summed E-state index contributed by atoms with van der Waals surface area (Å²) in [5.41, 5.74) is 4.75. The summed E-state index contributed by atoms with van der Waals surface area (Å²) >= 11 is 0. The Labute approximate surface area is 114 Å². The number of sulfonamides is 1. The van der Waals surface area contributed by atoms with Crippen LogP contribution in [0.3, 0.4) is 0 Å². The summed E-state index contributed by atoms with van der Waals surface area (Å²) in [5.74, 6) is 0. The quantitative estimate of drug-likeness (QED) is 0.365. The Morgan fingerprint density at radius 3 is 2.35 bits per heavy atom. The first-order valence-corrected chi connectivity index (χ1v) is 7.07. The number of hydrogen-bond donors (Lipinski definition) is 3. The lowest BCUT2D eigenvalue weighted by Gasteiger charge is -2.15. The summed E-state index contributed by atoms with van der Waals surface area (Å²) in [5, 5.41) is 29.5. The number of benzene rings is 1. The molecule has 110 valence electrons. The van der Waals surface area contributed by atoms with Gasteiger partial charge in [-0.2, -0.15) is 4.31 Å². The van der Waals surface area contributed by atoms with E-state index in [1.807, 2.05) is 0 Å². The molecule has 2 atom stereocenters. The second kappa shape index (κ2) is 4.98. The maximum absolute atomic E-state index is 12.3. The third-order valence-corrected chi connectivity index (χ3v) is 4.89. The molecular weight excluding hydrogens is 290 g/mol. The second-order valence-electron chi connectivity index (χ2n) is 4.43. The topological polar surface area (TPSA) is 147 Å². The average molecular weight is 303 g/mol. The van der Waals surface area contributed by atoms with Crippen LogP contribution in [0.5, 0.6) is 0 Å². The predicted molar refractivity (Wildman–Crippen MR) is 68.3 cm³/mol. The van der Waals surface area contributed by atoms with Crippen LogP contribution in [0.4, 0.5) is 11.4 Å². The van der Waals surface area contributed by atoms with E-state index >= 15 is 0 Å². The molecule has 0 aliphatic carbocycles. The number of nitro groups is 1. The number of aliphatic hydroxyl groups is 2. The van der Waals surface area contributed by atoms with E-state index in [1.165, 1.54) is 0 Å². The summed E-state index contributed by atoms with van der Waals surface area (Å²) < 4.78 is 25.4. The minimum absolute atomic E-state index is 0.143. The van der Waals surface area contributed by atoms with Crippen LogP contribution in [0.25, 0.3) is 0 Å². The molecule has 2 unspecified atom stereocenters. The number of rotatable bonds is 3. The van der Waals surface area contributed by atoms with Crippen molar-refractivity contribution in [1.82, 2.24) is 4.31 Å². The fourth-order valence-electron chi connectivity index (χ4n) is 1.92. The molecule has 1 aromatic rings. The lowest BCUT2D eigenvalue weighted by atomic mass is 10.3. The van der Waals surface area contributed by atoms with Crippen molar-refractivity contribution in [1.29, 1.82) is 0 Å². The van der Waals surface area contributed by atoms with E-state index in [1.54, 1.807) is 0 Å². The molecule has 1 aromatic carbocycles. The zero-order chi connectivity index (χ0) is 15.1. The maximum atomic E-state index is 12.3. The lowest BCUT2D eigenvalue weighted by molar-refractivity contribution is -0.384. The van der Waals surface area contributed by atoms with Crippen LogP contribution >= 0.6 is 0 Å². The molecule has 0 aromatic heterocycles. The van der Waals surface area contributed by atoms with Crippen LogP contribution in [-0.4, -0.2) is 53.2 Å². The van der Waals surface area contributed by atoms with Gasteiger partial charge in [-0.15, -0.1) is 0 Å². The third-order valence-electron chi connectivity index (χ3n) is 3.06. The van der Waals surface area contributed by atoms with Crippen molar-refractivity contribution < 1.29 is 23.6 Å². The first kappa shape index (κ1) is 14.7. The third kappa shape index (κ3) is 2.45. The Morgan fingerprint density at radius 2 is 1.85 bits per heavy atom. The van der Waals surface area contributed by atoms with Gasteiger partial charge in [0.15, 0.2) is 0 Å². The molecule has 1 heterocycles. The smallest absolute Gasteiger partial charge is 0.293 e. The van der Waals surface area contributed by atoms with E-state index in [9.17, 15) is 28.7 Å². The van der Waals surface area contributed by atoms with E-state index < -0.39 is 32.8 Å². The summed E-state index contributed by atoms with van der Waals surface area (Å²) in [7, 11) is -4.02. The van der Waals surface area contributed by atoms with Crippen molar-refractivity contribution >= 4 is 21.4 Å². The first-order valence-electron chi connectivity index (χ1n) is 5.63. The second-order valence-corrected chi connectivity index (χ2v) is 6.37. The number of nitro benzene ring substituents is 1. The van der Waals surface area contributed by atoms with Gasteiger partial charge in [0.05, 0.1) is 22.0 Å². The lowest BCUT2D eigenvalue weighted by Crippen LogP contribution is -2.30. The van der Waals surface area contributed by atoms with Crippen molar-refractivity contribution in [3.05, 3.63) is 28.3 Å². The van der Waals surface area contributed by atoms with E-state index in [0.717, 1.165) is 22.5 Å². The van der Waals surface area contributed by atoms with Crippen molar-refractivity contribution in [2.75, 3.05) is 18.8 Å². The number of hydrogen-bond acceptors (Lipinski definition) is 7. The highest BCUT2D eigenvalue weighted by atomic mass is 32.2. The van der Waals surface area contributed by atoms with E-state index in [-0.39, 0.29) is 23.7 Å². The van der Waals surface area contributed by atoms with Gasteiger partial charge >= 0.3 is 0 Å². The minimum Gasteiger partial charge on any atom is -0.393 e. The van der Waals surface area contributed by atoms with Crippen LogP contribution in [-0.2, 0) is 10.0 Å². The molecule has 0 amide bonds. The highest BCUT2D eigenvalue weighted by Crippen LogP contribution is 2.28. The summed E-state index contributed by atoms with van der Waals surface area (Å²) in [6.07, 6.45) is -2.35. The standard InChI is InChI=1S/C10H13N3O6S/c11-7-2-1-6(3-8(7)13(16)17)20(18,19)12-4-9(14)10(15)5-12/h1-3,9-10,14-15H,4-5,11H2. The zero-order valence-electron chi connectivity index (χ0n) is 10.2. The molecule has 1 aliphatic rings. The highest BCUT2D eigenvalue weighted by Gasteiger charge is 2.38. The molecule has 0 saturated carbocycles. The van der Waals surface area contributed by atoms with E-state index in [2.05, 4.69) is 0 Å². The van der Waals surface area contributed by atoms with Crippen molar-refractivity contribution in [2.45, 2.75) is 17.1 Å². The molecule has 2 rings (SSSR count). The summed E-state index contributed by atoms with van der Waals surface area (Å²) in [4.78, 5) is 9.68. The number of nitrogens with zero attached hydrogens (tertiary/aromatic N) is 2. The van der Waals surface area contributed by atoms with Crippen molar-refractivity contribution in [2.24, 2.45) is 0 Å². The number of nitrogen functional groups attached to an aromatic ring is 1. The van der Waals surface area contributed by atoms with Gasteiger partial charge in [-0.25, -0.2) is 8.42 Å². The van der Waals surface area contributed by atoms with Crippen LogP contribution in [0.15, 0.2) is 23.1 Å². The van der Waals surface area contributed by atoms with Crippen LogP contribution in [0, 0.1) is 10.1 Å². The Hall–Kier alpha value is -1.75. The molecule has 0 radical (unpaired) electrons. The first-order chi connectivity index (χ1) is 9.23. The van der Waals surface area contributed by atoms with Gasteiger partial charge in [0, 0.05) is 19.2 Å². The minimum atomic E-state index is -4.02. The van der Waals surface area contributed by atoms with Crippen molar-refractivity contribution in [3.8, 4) is 0 Å². The Bertz CT molecular complexity index is 636. The number of anilines is 1. The zero-order valence-corrected chi connectivity index (χ0v) is 11.0. The monoisotopic (exact) mass is 303 g/mol.